The summed E-state index contributed by atoms with van der Waals surface area (Å²) in [5.74, 6) is -0.295. The zero-order chi connectivity index (χ0) is 17.7. The van der Waals surface area contributed by atoms with Crippen molar-refractivity contribution in [1.82, 2.24) is 10.2 Å². The molecule has 2 rings (SSSR count). The highest BCUT2D eigenvalue weighted by Crippen LogP contribution is 2.27. The molecule has 0 bridgehead atoms. The zero-order valence-corrected chi connectivity index (χ0v) is 16.2. The number of rotatable bonds is 7. The van der Waals surface area contributed by atoms with Crippen LogP contribution in [0.15, 0.2) is 28.7 Å². The average molecular weight is 396 g/mol. The van der Waals surface area contributed by atoms with Gasteiger partial charge >= 0.3 is 0 Å². The molecular weight excluding hydrogens is 370 g/mol. The van der Waals surface area contributed by atoms with Gasteiger partial charge in [-0.25, -0.2) is 0 Å². The van der Waals surface area contributed by atoms with Crippen LogP contribution in [0.1, 0.15) is 27.2 Å². The lowest BCUT2D eigenvalue weighted by Crippen LogP contribution is -2.40. The highest BCUT2D eigenvalue weighted by Gasteiger charge is 2.35. The first-order chi connectivity index (χ1) is 11.4. The van der Waals surface area contributed by atoms with Crippen LogP contribution >= 0.6 is 15.9 Å². The first-order valence-electron chi connectivity index (χ1n) is 8.50. The molecule has 0 radical (unpaired) electrons. The molecule has 1 fully saturated rings. The monoisotopic (exact) mass is 395 g/mol. The minimum atomic E-state index is -0.273. The van der Waals surface area contributed by atoms with E-state index in [1.807, 2.05) is 24.3 Å². The highest BCUT2D eigenvalue weighted by molar-refractivity contribution is 9.10. The van der Waals surface area contributed by atoms with Crippen LogP contribution < -0.4 is 10.2 Å². The number of amides is 2. The van der Waals surface area contributed by atoms with Crippen LogP contribution in [0.2, 0.25) is 0 Å². The van der Waals surface area contributed by atoms with Crippen LogP contribution in [0.3, 0.4) is 0 Å². The zero-order valence-electron chi connectivity index (χ0n) is 14.6. The molecule has 1 aromatic carbocycles. The van der Waals surface area contributed by atoms with Gasteiger partial charge in [-0.2, -0.15) is 0 Å². The molecule has 1 atom stereocenters. The average Bonchev–Trinajstić information content (AvgIpc) is 2.93. The fraction of sp³-hybridized carbons (Fsp3) is 0.556. The number of benzene rings is 1. The Morgan fingerprint density at radius 3 is 2.83 bits per heavy atom. The van der Waals surface area contributed by atoms with Crippen molar-refractivity contribution in [1.29, 1.82) is 0 Å². The third kappa shape index (κ3) is 4.80. The number of anilines is 1. The minimum Gasteiger partial charge on any atom is -0.355 e. The third-order valence-corrected chi connectivity index (χ3v) is 4.94. The lowest BCUT2D eigenvalue weighted by atomic mass is 10.1. The van der Waals surface area contributed by atoms with Crippen molar-refractivity contribution in [2.75, 3.05) is 31.1 Å². The number of hydrogen-bond acceptors (Lipinski definition) is 3. The molecule has 1 unspecified atom stereocenters. The lowest BCUT2D eigenvalue weighted by Gasteiger charge is -2.25. The van der Waals surface area contributed by atoms with Crippen LogP contribution in [-0.4, -0.2) is 48.9 Å². The Balaban J connectivity index is 1.87. The molecule has 6 heteroatoms. The van der Waals surface area contributed by atoms with Crippen LogP contribution in [0.4, 0.5) is 5.69 Å². The maximum Gasteiger partial charge on any atom is 0.227 e. The summed E-state index contributed by atoms with van der Waals surface area (Å²) < 4.78 is 0.925. The van der Waals surface area contributed by atoms with E-state index in [4.69, 9.17) is 0 Å². The van der Waals surface area contributed by atoms with Gasteiger partial charge in [-0.15, -0.1) is 0 Å². The Morgan fingerprint density at radius 2 is 2.21 bits per heavy atom. The van der Waals surface area contributed by atoms with Gasteiger partial charge in [0.05, 0.1) is 5.92 Å². The Kier molecular flexibility index (Phi) is 6.80. The van der Waals surface area contributed by atoms with E-state index in [1.165, 1.54) is 0 Å². The van der Waals surface area contributed by atoms with Gasteiger partial charge in [0.25, 0.3) is 0 Å². The van der Waals surface area contributed by atoms with Gasteiger partial charge in [0, 0.05) is 42.3 Å². The minimum absolute atomic E-state index is 0.00520. The SMILES string of the molecule is CCN(CCNC(=O)C1CC(=O)N(c2cccc(Br)c2)C1)C(C)C. The largest absolute Gasteiger partial charge is 0.355 e. The smallest absolute Gasteiger partial charge is 0.227 e. The van der Waals surface area contributed by atoms with Gasteiger partial charge in [0.15, 0.2) is 0 Å². The summed E-state index contributed by atoms with van der Waals surface area (Å²) in [4.78, 5) is 28.6. The molecule has 1 aromatic rings. The number of nitrogens with one attached hydrogen (secondary N) is 1. The topological polar surface area (TPSA) is 52.7 Å². The Hall–Kier alpha value is -1.40. The number of nitrogens with zero attached hydrogens (tertiary/aromatic N) is 2. The molecule has 1 heterocycles. The van der Waals surface area contributed by atoms with E-state index in [2.05, 4.69) is 46.9 Å². The Labute approximate surface area is 152 Å². The first kappa shape index (κ1) is 18.9. The molecule has 24 heavy (non-hydrogen) atoms. The summed E-state index contributed by atoms with van der Waals surface area (Å²) >= 11 is 3.42. The summed E-state index contributed by atoms with van der Waals surface area (Å²) in [6.45, 7) is 9.28. The molecule has 1 aliphatic heterocycles. The van der Waals surface area contributed by atoms with Crippen LogP contribution in [-0.2, 0) is 9.59 Å². The van der Waals surface area contributed by atoms with Crippen molar-refractivity contribution in [3.63, 3.8) is 0 Å². The molecule has 0 aromatic heterocycles. The fourth-order valence-electron chi connectivity index (χ4n) is 3.03. The van der Waals surface area contributed by atoms with Crippen molar-refractivity contribution in [2.45, 2.75) is 33.2 Å². The number of hydrogen-bond donors (Lipinski definition) is 1. The first-order valence-corrected chi connectivity index (χ1v) is 9.29. The van der Waals surface area contributed by atoms with E-state index in [9.17, 15) is 9.59 Å². The molecule has 1 aliphatic rings. The van der Waals surface area contributed by atoms with Crippen LogP contribution in [0, 0.1) is 5.92 Å². The van der Waals surface area contributed by atoms with E-state index in [0.717, 1.165) is 23.2 Å². The second-order valence-electron chi connectivity index (χ2n) is 6.40. The van der Waals surface area contributed by atoms with Crippen molar-refractivity contribution >= 4 is 33.4 Å². The summed E-state index contributed by atoms with van der Waals surface area (Å²) in [7, 11) is 0. The van der Waals surface area contributed by atoms with Crippen LogP contribution in [0.25, 0.3) is 0 Å². The second-order valence-corrected chi connectivity index (χ2v) is 7.31. The van der Waals surface area contributed by atoms with Crippen LogP contribution in [0.5, 0.6) is 0 Å². The van der Waals surface area contributed by atoms with Gasteiger partial charge in [-0.1, -0.05) is 28.9 Å². The molecule has 5 nitrogen and oxygen atoms in total. The van der Waals surface area contributed by atoms with Gasteiger partial charge in [0.1, 0.15) is 0 Å². The van der Waals surface area contributed by atoms with E-state index in [1.54, 1.807) is 4.90 Å². The van der Waals surface area contributed by atoms with Gasteiger partial charge in [-0.05, 0) is 38.6 Å². The van der Waals surface area contributed by atoms with Gasteiger partial charge < -0.3 is 10.2 Å². The van der Waals surface area contributed by atoms with Crippen molar-refractivity contribution in [2.24, 2.45) is 5.92 Å². The molecule has 1 saturated heterocycles. The summed E-state index contributed by atoms with van der Waals surface area (Å²) in [6, 6.07) is 8.07. The number of halogens is 1. The van der Waals surface area contributed by atoms with Gasteiger partial charge in [-0.3, -0.25) is 14.5 Å². The maximum absolute atomic E-state index is 12.4. The quantitative estimate of drug-likeness (QED) is 0.771. The number of likely N-dealkylation sites (N-methyl/N-ethyl adjacent to an activating group) is 1. The molecule has 0 saturated carbocycles. The maximum atomic E-state index is 12.4. The van der Waals surface area contributed by atoms with E-state index in [0.29, 0.717) is 19.1 Å². The third-order valence-electron chi connectivity index (χ3n) is 4.45. The van der Waals surface area contributed by atoms with Crippen molar-refractivity contribution < 1.29 is 9.59 Å². The lowest BCUT2D eigenvalue weighted by molar-refractivity contribution is -0.126. The highest BCUT2D eigenvalue weighted by atomic mass is 79.9. The summed E-state index contributed by atoms with van der Waals surface area (Å²) in [5.41, 5.74) is 0.835. The number of carbonyl (C=O) groups is 2. The predicted molar refractivity (Wildman–Crippen MR) is 100.0 cm³/mol. The predicted octanol–water partition coefficient (Wildman–Crippen LogP) is 2.65. The molecule has 1 N–H and O–H groups in total. The molecule has 0 spiro atoms. The van der Waals surface area contributed by atoms with E-state index < -0.39 is 0 Å². The van der Waals surface area contributed by atoms with E-state index >= 15 is 0 Å². The van der Waals surface area contributed by atoms with E-state index in [-0.39, 0.29) is 24.2 Å². The standard InChI is InChI=1S/C18H26BrN3O2/c1-4-21(13(2)3)9-8-20-18(24)14-10-17(23)22(12-14)16-7-5-6-15(19)11-16/h5-7,11,13-14H,4,8-10,12H2,1-3H3,(H,20,24). The Morgan fingerprint density at radius 1 is 1.46 bits per heavy atom. The summed E-state index contributed by atoms with van der Waals surface area (Å²) in [5, 5.41) is 2.98. The fourth-order valence-corrected chi connectivity index (χ4v) is 3.41. The normalized spacial score (nSPS) is 17.8. The molecule has 0 aliphatic carbocycles. The second kappa shape index (κ2) is 8.62. The van der Waals surface area contributed by atoms with Gasteiger partial charge in [0.2, 0.25) is 11.8 Å². The molecule has 132 valence electrons. The Bertz CT molecular complexity index is 591. The molecule has 2 amide bonds. The molecular formula is C18H26BrN3O2. The van der Waals surface area contributed by atoms with Crippen molar-refractivity contribution in [3.05, 3.63) is 28.7 Å². The number of carbonyl (C=O) groups excluding carboxylic acids is 2. The van der Waals surface area contributed by atoms with Crippen molar-refractivity contribution in [3.8, 4) is 0 Å². The summed E-state index contributed by atoms with van der Waals surface area (Å²) in [6.07, 6.45) is 0.278.